The standard InChI is InChI=1S/C9H8F5NO2S2/c1-8(10,11)18(16)15(19(17)9(12,13)14)7-5-3-2-4-6-7/h2-6H,1H3. The zero-order valence-electron chi connectivity index (χ0n) is 9.36. The highest BCUT2D eigenvalue weighted by Crippen LogP contribution is 2.37. The van der Waals surface area contributed by atoms with E-state index < -0.39 is 39.2 Å². The Morgan fingerprint density at radius 3 is 1.79 bits per heavy atom. The quantitative estimate of drug-likeness (QED) is 0.633. The average molecular weight is 321 g/mol. The lowest BCUT2D eigenvalue weighted by molar-refractivity contribution is -0.0433. The molecule has 0 radical (unpaired) electrons. The summed E-state index contributed by atoms with van der Waals surface area (Å²) < 4.78 is 85.5. The minimum atomic E-state index is -5.29. The summed E-state index contributed by atoms with van der Waals surface area (Å²) in [5.74, 6) is 0. The minimum absolute atomic E-state index is 0.187. The van der Waals surface area contributed by atoms with Crippen LogP contribution in [0.5, 0.6) is 0 Å². The molecule has 2 atom stereocenters. The van der Waals surface area contributed by atoms with Gasteiger partial charge < -0.3 is 9.11 Å². The number of nitrogens with zero attached hydrogens (tertiary/aromatic N) is 1. The van der Waals surface area contributed by atoms with Crippen molar-refractivity contribution >= 4 is 28.4 Å². The Labute approximate surface area is 112 Å². The zero-order chi connectivity index (χ0) is 14.8. The largest absolute Gasteiger partial charge is 0.603 e. The fraction of sp³-hybridized carbons (Fsp3) is 0.333. The van der Waals surface area contributed by atoms with Gasteiger partial charge in [-0.2, -0.15) is 8.78 Å². The van der Waals surface area contributed by atoms with Crippen molar-refractivity contribution in [1.82, 2.24) is 0 Å². The first-order valence-electron chi connectivity index (χ1n) is 4.69. The molecule has 0 amide bonds. The van der Waals surface area contributed by atoms with Gasteiger partial charge >= 0.3 is 10.8 Å². The van der Waals surface area contributed by atoms with Crippen LogP contribution in [-0.4, -0.2) is 19.9 Å². The van der Waals surface area contributed by atoms with Crippen molar-refractivity contribution in [3.05, 3.63) is 30.3 Å². The number of hydrogen-bond acceptors (Lipinski definition) is 3. The highest BCUT2D eigenvalue weighted by atomic mass is 32.3. The fourth-order valence-electron chi connectivity index (χ4n) is 1.04. The van der Waals surface area contributed by atoms with Crippen LogP contribution >= 0.6 is 0 Å². The Kier molecular flexibility index (Phi) is 4.93. The molecule has 0 spiro atoms. The van der Waals surface area contributed by atoms with Gasteiger partial charge in [-0.05, 0) is 15.8 Å². The Balaban J connectivity index is 3.20. The van der Waals surface area contributed by atoms with Crippen molar-refractivity contribution in [1.29, 1.82) is 0 Å². The first-order valence-corrected chi connectivity index (χ1v) is 6.90. The lowest BCUT2D eigenvalue weighted by Gasteiger charge is -2.28. The van der Waals surface area contributed by atoms with E-state index in [-0.39, 0.29) is 10.6 Å². The minimum Gasteiger partial charge on any atom is -0.584 e. The summed E-state index contributed by atoms with van der Waals surface area (Å²) in [7, 11) is 0. The molecule has 1 rings (SSSR count). The molecule has 108 valence electrons. The van der Waals surface area contributed by atoms with E-state index in [1.807, 2.05) is 0 Å². The zero-order valence-corrected chi connectivity index (χ0v) is 11.0. The van der Waals surface area contributed by atoms with Crippen LogP contribution in [0.3, 0.4) is 0 Å². The Bertz CT molecular complexity index is 391. The molecular weight excluding hydrogens is 313 g/mol. The summed E-state index contributed by atoms with van der Waals surface area (Å²) in [5, 5.41) is -3.96. The lowest BCUT2D eigenvalue weighted by Crippen LogP contribution is -2.49. The summed E-state index contributed by atoms with van der Waals surface area (Å²) >= 11 is -7.27. The van der Waals surface area contributed by atoms with Gasteiger partial charge in [0.25, 0.3) is 0 Å². The molecule has 3 nitrogen and oxygen atoms in total. The van der Waals surface area contributed by atoms with Crippen LogP contribution in [0.2, 0.25) is 0 Å². The second kappa shape index (κ2) is 5.73. The molecule has 0 saturated heterocycles. The summed E-state index contributed by atoms with van der Waals surface area (Å²) in [6.07, 6.45) is 0. The summed E-state index contributed by atoms with van der Waals surface area (Å²) in [6.45, 7) is 0.187. The molecule has 0 saturated carbocycles. The molecule has 2 unspecified atom stereocenters. The highest BCUT2D eigenvalue weighted by Gasteiger charge is 2.59. The van der Waals surface area contributed by atoms with Gasteiger partial charge in [0, 0.05) is 0 Å². The van der Waals surface area contributed by atoms with Gasteiger partial charge in [0.15, 0.2) is 11.4 Å². The van der Waals surface area contributed by atoms with Crippen molar-refractivity contribution in [2.24, 2.45) is 0 Å². The first-order chi connectivity index (χ1) is 8.55. The number of anilines is 1. The third-order valence-electron chi connectivity index (χ3n) is 1.77. The first kappa shape index (κ1) is 16.3. The summed E-state index contributed by atoms with van der Waals surface area (Å²) in [4.78, 5) is 0. The van der Waals surface area contributed by atoms with Crippen LogP contribution in [0.25, 0.3) is 0 Å². The average Bonchev–Trinajstić information content (AvgIpc) is 2.28. The molecule has 0 aliphatic heterocycles. The molecule has 0 aliphatic carbocycles. The van der Waals surface area contributed by atoms with Gasteiger partial charge in [0.1, 0.15) is 5.69 Å². The van der Waals surface area contributed by atoms with E-state index in [9.17, 15) is 31.1 Å². The van der Waals surface area contributed by atoms with Crippen LogP contribution in [0.1, 0.15) is 6.92 Å². The normalized spacial score (nSPS) is 16.0. The van der Waals surface area contributed by atoms with Crippen molar-refractivity contribution in [3.8, 4) is 0 Å². The number of para-hydroxylation sites is 1. The van der Waals surface area contributed by atoms with E-state index >= 15 is 0 Å². The molecule has 0 fully saturated rings. The molecule has 1 aromatic rings. The second-order valence-electron chi connectivity index (χ2n) is 3.34. The maximum atomic E-state index is 13.0. The molecular formula is C9H8F5NO2S2. The van der Waals surface area contributed by atoms with E-state index in [1.54, 1.807) is 0 Å². The van der Waals surface area contributed by atoms with Crippen LogP contribution in [0, 0.1) is 0 Å². The second-order valence-corrected chi connectivity index (χ2v) is 6.48. The topological polar surface area (TPSA) is 49.4 Å². The maximum absolute atomic E-state index is 13.0. The van der Waals surface area contributed by atoms with Crippen molar-refractivity contribution in [3.63, 3.8) is 0 Å². The smallest absolute Gasteiger partial charge is 0.584 e. The van der Waals surface area contributed by atoms with Gasteiger partial charge in [0.2, 0.25) is 11.4 Å². The molecule has 19 heavy (non-hydrogen) atoms. The monoisotopic (exact) mass is 321 g/mol. The molecule has 0 aromatic heterocycles. The molecule has 1 aromatic carbocycles. The number of halogens is 5. The highest BCUT2D eigenvalue weighted by molar-refractivity contribution is 8.11. The Morgan fingerprint density at radius 2 is 1.42 bits per heavy atom. The van der Waals surface area contributed by atoms with Crippen LogP contribution < -0.4 is 3.71 Å². The van der Waals surface area contributed by atoms with Crippen molar-refractivity contribution in [2.45, 2.75) is 17.7 Å². The molecule has 0 N–H and O–H groups in total. The van der Waals surface area contributed by atoms with Crippen LogP contribution in [-0.2, 0) is 22.7 Å². The van der Waals surface area contributed by atoms with E-state index in [1.165, 1.54) is 18.2 Å². The molecule has 0 aliphatic rings. The third-order valence-corrected chi connectivity index (χ3v) is 4.62. The Hall–Kier alpha value is -0.710. The molecule has 10 heteroatoms. The maximum Gasteiger partial charge on any atom is 0.603 e. The van der Waals surface area contributed by atoms with Gasteiger partial charge in [-0.25, -0.2) is 0 Å². The van der Waals surface area contributed by atoms with Gasteiger partial charge in [-0.1, -0.05) is 18.2 Å². The van der Waals surface area contributed by atoms with Crippen molar-refractivity contribution in [2.75, 3.05) is 3.71 Å². The van der Waals surface area contributed by atoms with E-state index in [2.05, 4.69) is 0 Å². The summed E-state index contributed by atoms with van der Waals surface area (Å²) in [5.41, 5.74) is -5.77. The SMILES string of the molecule is CC(F)(F)[S+]([O-])N(c1ccccc1)[S+]([O-])C(F)(F)F. The number of alkyl halides is 5. The van der Waals surface area contributed by atoms with Gasteiger partial charge in [-0.15, -0.1) is 13.2 Å². The third kappa shape index (κ3) is 4.13. The predicted molar refractivity (Wildman–Crippen MR) is 61.9 cm³/mol. The fourth-order valence-corrected chi connectivity index (χ4v) is 3.29. The molecule has 0 heterocycles. The number of rotatable bonds is 4. The summed E-state index contributed by atoms with van der Waals surface area (Å²) in [6, 6.07) is 5.94. The van der Waals surface area contributed by atoms with E-state index in [4.69, 9.17) is 0 Å². The van der Waals surface area contributed by atoms with Gasteiger partial charge in [0.05, 0.1) is 6.92 Å². The van der Waals surface area contributed by atoms with Crippen LogP contribution in [0.4, 0.5) is 27.6 Å². The number of benzene rings is 1. The Morgan fingerprint density at radius 1 is 0.947 bits per heavy atom. The van der Waals surface area contributed by atoms with E-state index in [0.717, 1.165) is 12.1 Å². The number of hydrogen-bond donors (Lipinski definition) is 0. The van der Waals surface area contributed by atoms with E-state index in [0.29, 0.717) is 0 Å². The molecule has 0 bridgehead atoms. The van der Waals surface area contributed by atoms with Gasteiger partial charge in [-0.3, -0.25) is 0 Å². The van der Waals surface area contributed by atoms with Crippen molar-refractivity contribution < 1.29 is 31.1 Å². The predicted octanol–water partition coefficient (Wildman–Crippen LogP) is 2.95. The lowest BCUT2D eigenvalue weighted by atomic mass is 10.3. The van der Waals surface area contributed by atoms with Crippen LogP contribution in [0.15, 0.2) is 30.3 Å².